The number of nitrogens with one attached hydrogen (secondary N) is 10. The number of carboxylic acids is 9. The van der Waals surface area contributed by atoms with Gasteiger partial charge in [-0.05, 0) is 189 Å². The number of urea groups is 3. The molecule has 0 aliphatic carbocycles. The monoisotopic (exact) mass is 1910 g/mol. The summed E-state index contributed by atoms with van der Waals surface area (Å²) in [5.74, 6) is -10.00. The number of rotatable bonds is 51. The molecule has 0 saturated heterocycles. The highest BCUT2D eigenvalue weighted by molar-refractivity contribution is 7.58. The van der Waals surface area contributed by atoms with Gasteiger partial charge in [-0.25, -0.2) is 14.4 Å². The van der Waals surface area contributed by atoms with Crippen LogP contribution in [0.1, 0.15) is 224 Å². The maximum absolute atomic E-state index is 11.7. The Morgan fingerprint density at radius 1 is 0.385 bits per heavy atom. The molecular weight excluding hydrogens is 1770 g/mol. The van der Waals surface area contributed by atoms with Gasteiger partial charge in [-0.3, -0.25) is 61.9 Å². The predicted molar refractivity (Wildman–Crippen MR) is 464 cm³/mol. The van der Waals surface area contributed by atoms with Gasteiger partial charge in [-0.2, -0.15) is 38.4 Å². The Labute approximate surface area is 755 Å². The molecule has 8 amide bonds. The minimum atomic E-state index is -3.97. The van der Waals surface area contributed by atoms with Gasteiger partial charge < -0.3 is 137 Å². The molecule has 0 bridgehead atoms. The quantitative estimate of drug-likeness (QED) is 0.0329. The molecule has 50 nitrogen and oxygen atoms in total. The second kappa shape index (κ2) is 87.0. The Morgan fingerprint density at radius 2 is 0.708 bits per heavy atom. The molecule has 0 radical (unpaired) electrons. The van der Waals surface area contributed by atoms with Crippen LogP contribution in [-0.2, 0) is 107 Å². The van der Waals surface area contributed by atoms with Gasteiger partial charge in [0.1, 0.15) is 6.04 Å². The lowest BCUT2D eigenvalue weighted by molar-refractivity contribution is -0.193. The second-order valence-electron chi connectivity index (χ2n) is 30.8. The third-order valence-electron chi connectivity index (χ3n) is 15.3. The zero-order valence-electron chi connectivity index (χ0n) is 76.1. The highest BCUT2D eigenvalue weighted by atomic mass is 31.2. The number of amides is 8. The number of hydrogen-bond donors (Lipinski definition) is 26. The van der Waals surface area contributed by atoms with E-state index in [1.54, 1.807) is 48.5 Å². The number of benzene rings is 1. The first-order valence-corrected chi connectivity index (χ1v) is 44.3. The molecule has 30 N–H and O–H groups in total. The van der Waals surface area contributed by atoms with E-state index >= 15 is 0 Å². The summed E-state index contributed by atoms with van der Waals surface area (Å²) in [5.41, 5.74) is 23.3. The van der Waals surface area contributed by atoms with E-state index in [2.05, 4.69) is 94.7 Å². The Hall–Kier alpha value is -11.3. The summed E-state index contributed by atoms with van der Waals surface area (Å²) in [5, 5.41) is 104. The van der Waals surface area contributed by atoms with Crippen molar-refractivity contribution in [3.63, 3.8) is 0 Å². The molecule has 1 aromatic rings. The van der Waals surface area contributed by atoms with Crippen LogP contribution in [0.5, 0.6) is 0 Å². The minimum absolute atomic E-state index is 0.0263. The summed E-state index contributed by atoms with van der Waals surface area (Å²) in [6.07, 6.45) is 7.52. The van der Waals surface area contributed by atoms with Crippen molar-refractivity contribution in [1.82, 2.24) is 47.9 Å². The summed E-state index contributed by atoms with van der Waals surface area (Å²) in [7, 11) is -7.07. The molecule has 0 aliphatic heterocycles. The van der Waals surface area contributed by atoms with E-state index < -0.39 is 99.0 Å². The van der Waals surface area contributed by atoms with Crippen LogP contribution in [0.3, 0.4) is 0 Å². The summed E-state index contributed by atoms with van der Waals surface area (Å²) >= 11 is 0. The molecule has 1 rings (SSSR count). The fourth-order valence-corrected chi connectivity index (χ4v) is 12.2. The number of carbonyl (C=O) groups excluding carboxylic acids is 13. The maximum Gasteiger partial charge on any atom is 0.373 e. The van der Waals surface area contributed by atoms with Crippen molar-refractivity contribution in [2.75, 3.05) is 63.1 Å². The zero-order valence-corrected chi connectivity index (χ0v) is 77.9. The molecular formula is C78H142N14O36P2. The Kier molecular flexibility index (Phi) is 93.1. The predicted octanol–water partition coefficient (Wildman–Crippen LogP) is 2.34. The first-order valence-electron chi connectivity index (χ1n) is 40.5. The van der Waals surface area contributed by atoms with Crippen molar-refractivity contribution in [2.45, 2.75) is 278 Å². The number of anilines is 1. The number of aliphatic carboxylic acids is 9. The average Bonchev–Trinajstić information content (AvgIpc) is 0.884. The lowest BCUT2D eigenvalue weighted by atomic mass is 10.1. The molecule has 130 heavy (non-hydrogen) atoms. The van der Waals surface area contributed by atoms with Gasteiger partial charge in [0.2, 0.25) is 19.2 Å². The van der Waals surface area contributed by atoms with Gasteiger partial charge in [0.05, 0.1) is 25.0 Å². The summed E-state index contributed by atoms with van der Waals surface area (Å²) < 4.78 is 22.0. The molecule has 10 atom stereocenters. The van der Waals surface area contributed by atoms with E-state index in [4.69, 9.17) is 117 Å². The van der Waals surface area contributed by atoms with Crippen LogP contribution in [0, 0.1) is 11.8 Å². The third-order valence-corrected chi connectivity index (χ3v) is 18.6. The number of nitrogens with two attached hydrogens (primary N) is 4. The standard InChI is InChI=1S/C18H29N3O3.C15H31N3O3.2C9H16N2O5.C9H20NO4P.C8H17N3O3.C6H13O5P.4CO2/c1-13(5-10-16(22)23)20-17(24)19-12-11-14-6-8-15(9-7-14)21-18(2,3)4;1-12(8-9-13(19)20)18-14(21)16-10-6-5-7-11-17-15(2,3)4;1-5(2-3-8(13)14)11-7(12)4-6(10)9(15)16;1-5(2-3-7(12)13)11-9(16)6(10)4-8(14)15;1-8(3-4-9(11)12)7-15(13,14)6-2-5-10;1-6(2-3-7(12)13)11-8(14)10-5-4-9;1-5(2-3-6(7)8)4-12(9,10)11;4*2-1-3/h6-9,13,21H,5,10-12H2,1-4H3,(H,22,23)(H2,19,20,24);12,17H,5-11H2,1-4H3,(H,19,20)(H2,16,18,21);5-6H,2-4,10H2,1H3,(H,11,12)(H,13,14)(H,15,16);5-6H,2-4,10H2,1H3,(H,11,16)(H,12,13)(H,14,15);8H,2-7,10H2,1H3,(H,11,12)(H,13,14);6H,2-5,9H2,1H3,(H,12,13)(H2,10,11,14);5H,2-4H2,1H3,(H,7,8)(H2,9,10,11);;;;/t13-;12-;2*5-,6-;;6-;;;;;/m1100.1...../s1. The summed E-state index contributed by atoms with van der Waals surface area (Å²) in [6, 6.07) is 3.93. The van der Waals surface area contributed by atoms with E-state index in [0.717, 1.165) is 43.5 Å². The Balaban J connectivity index is -0.000000159. The normalized spacial score (nSPS) is 12.6. The van der Waals surface area contributed by atoms with Crippen molar-refractivity contribution in [3.05, 3.63) is 29.8 Å². The van der Waals surface area contributed by atoms with Crippen molar-refractivity contribution >= 4 is 129 Å². The highest BCUT2D eigenvalue weighted by Crippen LogP contribution is 2.43. The van der Waals surface area contributed by atoms with E-state index in [-0.39, 0.29) is 172 Å². The smallest absolute Gasteiger partial charge is 0.373 e. The molecule has 0 saturated carbocycles. The lowest BCUT2D eigenvalue weighted by Gasteiger charge is -2.22. The zero-order chi connectivity index (χ0) is 103. The molecule has 0 heterocycles. The Morgan fingerprint density at radius 3 is 1.02 bits per heavy atom. The van der Waals surface area contributed by atoms with Crippen LogP contribution in [0.2, 0.25) is 0 Å². The van der Waals surface area contributed by atoms with Crippen LogP contribution >= 0.6 is 15.0 Å². The van der Waals surface area contributed by atoms with Gasteiger partial charge in [0, 0.05) is 130 Å². The number of hydrogen-bond acceptors (Lipinski definition) is 30. The molecule has 750 valence electrons. The topological polar surface area (TPSA) is 877 Å². The lowest BCUT2D eigenvalue weighted by Crippen LogP contribution is -2.45. The first kappa shape index (κ1) is 139. The van der Waals surface area contributed by atoms with Gasteiger partial charge in [-0.1, -0.05) is 32.4 Å². The van der Waals surface area contributed by atoms with Gasteiger partial charge >= 0.3 is 104 Å². The fourth-order valence-electron chi connectivity index (χ4n) is 9.17. The van der Waals surface area contributed by atoms with Crippen LogP contribution < -0.4 is 76.1 Å². The molecule has 0 aromatic heterocycles. The fraction of sp³-hybridized carbons (Fsp3) is 0.692. The second-order valence-corrected chi connectivity index (χ2v) is 35.0. The van der Waals surface area contributed by atoms with Gasteiger partial charge in [-0.15, -0.1) is 0 Å². The van der Waals surface area contributed by atoms with E-state index in [1.807, 2.05) is 24.3 Å². The van der Waals surface area contributed by atoms with E-state index in [0.29, 0.717) is 77.7 Å². The van der Waals surface area contributed by atoms with Gasteiger partial charge in [0.15, 0.2) is 0 Å². The van der Waals surface area contributed by atoms with Crippen molar-refractivity contribution in [1.29, 1.82) is 0 Å². The van der Waals surface area contributed by atoms with Crippen molar-refractivity contribution in [2.24, 2.45) is 34.8 Å². The average molecular weight is 1910 g/mol. The van der Waals surface area contributed by atoms with Crippen LogP contribution in [-0.4, -0.2) is 280 Å². The molecule has 1 aromatic carbocycles. The third kappa shape index (κ3) is 127. The maximum atomic E-state index is 11.7. The number of carbonyl (C=O) groups is 14. The van der Waals surface area contributed by atoms with Crippen LogP contribution in [0.25, 0.3) is 0 Å². The molecule has 3 unspecified atom stereocenters. The van der Waals surface area contributed by atoms with Gasteiger partial charge in [0.25, 0.3) is 0 Å². The molecule has 52 heteroatoms. The minimum Gasteiger partial charge on any atom is -0.481 e. The SMILES string of the molecule is CC(CCC(=O)O)CP(=O)(O)CCCN.CC(CCC(=O)O)CP(=O)(O)O.C[C@@H](CCC(=O)O)NC(=O)C[C@H](N)C(=O)O.C[C@@H](CCC(=O)O)NC(=O)[C@@H](N)CC(=O)O.C[C@H](CCC(=O)O)NC(=O)NCCCCCNC(C)(C)C.C[C@H](CCC(=O)O)NC(=O)NCCN.C[C@H](CCC(=O)O)NC(=O)NCCc1ccc(NC(C)(C)C)cc1.O=C=O.O=C=O.O=C=O.O=C=O. The first-order chi connectivity index (χ1) is 59.9. The Bertz CT molecular complexity index is 3550. The van der Waals surface area contributed by atoms with E-state index in [9.17, 15) is 81.1 Å². The molecule has 0 spiro atoms. The van der Waals surface area contributed by atoms with Crippen LogP contribution in [0.4, 0.5) is 20.1 Å². The summed E-state index contributed by atoms with van der Waals surface area (Å²) in [4.78, 5) is 241. The highest BCUT2D eigenvalue weighted by Gasteiger charge is 2.24. The summed E-state index contributed by atoms with van der Waals surface area (Å²) in [6.45, 7) is 28.2. The molecule has 0 aliphatic rings. The number of carboxylic acid groups (broad SMARTS) is 9. The van der Waals surface area contributed by atoms with E-state index in [1.165, 1.54) is 0 Å². The van der Waals surface area contributed by atoms with Crippen molar-refractivity contribution in [3.8, 4) is 0 Å². The number of unbranched alkanes of at least 4 members (excludes halogenated alkanes) is 2. The molecule has 0 fully saturated rings. The van der Waals surface area contributed by atoms with Crippen LogP contribution in [0.15, 0.2) is 24.3 Å². The largest absolute Gasteiger partial charge is 0.481 e. The van der Waals surface area contributed by atoms with Crippen molar-refractivity contribution < 1.29 is 175 Å².